The van der Waals surface area contributed by atoms with Crippen molar-refractivity contribution in [3.63, 3.8) is 0 Å². The van der Waals surface area contributed by atoms with Gasteiger partial charge in [0.2, 0.25) is 0 Å². The highest BCUT2D eigenvalue weighted by atomic mass is 16.3. The van der Waals surface area contributed by atoms with Crippen LogP contribution < -0.4 is 0 Å². The molecule has 3 nitrogen and oxygen atoms in total. The van der Waals surface area contributed by atoms with Crippen molar-refractivity contribution in [2.75, 3.05) is 19.6 Å². The van der Waals surface area contributed by atoms with Crippen molar-refractivity contribution in [1.82, 2.24) is 9.88 Å². The fourth-order valence-corrected chi connectivity index (χ4v) is 3.65. The molecule has 3 rings (SSSR count). The Kier molecular flexibility index (Phi) is 3.25. The lowest BCUT2D eigenvalue weighted by Gasteiger charge is -2.21. The SMILES string of the molecule is CC(CN1CC2CCC[C@@H]2C1)c1ccc(O)cn1. The summed E-state index contributed by atoms with van der Waals surface area (Å²) in [6.07, 6.45) is 5.86. The minimum Gasteiger partial charge on any atom is -0.506 e. The molecular formula is C15H22N2O. The lowest BCUT2D eigenvalue weighted by Crippen LogP contribution is -2.26. The first kappa shape index (κ1) is 12.0. The first-order valence-corrected chi connectivity index (χ1v) is 7.09. The van der Waals surface area contributed by atoms with Gasteiger partial charge in [0.15, 0.2) is 0 Å². The van der Waals surface area contributed by atoms with E-state index in [2.05, 4.69) is 16.8 Å². The van der Waals surface area contributed by atoms with Crippen LogP contribution in [-0.2, 0) is 0 Å². The van der Waals surface area contributed by atoms with Gasteiger partial charge < -0.3 is 10.0 Å². The largest absolute Gasteiger partial charge is 0.506 e. The maximum Gasteiger partial charge on any atom is 0.133 e. The molecule has 2 fully saturated rings. The van der Waals surface area contributed by atoms with Gasteiger partial charge in [-0.15, -0.1) is 0 Å². The molecule has 2 unspecified atom stereocenters. The van der Waals surface area contributed by atoms with Crippen molar-refractivity contribution < 1.29 is 5.11 Å². The maximum atomic E-state index is 9.26. The van der Waals surface area contributed by atoms with E-state index >= 15 is 0 Å². The van der Waals surface area contributed by atoms with Crippen LogP contribution in [0.2, 0.25) is 0 Å². The number of aromatic hydroxyl groups is 1. The van der Waals surface area contributed by atoms with Gasteiger partial charge in [-0.05, 0) is 36.8 Å². The van der Waals surface area contributed by atoms with Gasteiger partial charge in [-0.1, -0.05) is 13.3 Å². The normalized spacial score (nSPS) is 29.4. The zero-order valence-corrected chi connectivity index (χ0v) is 11.0. The van der Waals surface area contributed by atoms with E-state index in [4.69, 9.17) is 0 Å². The van der Waals surface area contributed by atoms with E-state index in [1.807, 2.05) is 6.07 Å². The Labute approximate surface area is 109 Å². The molecule has 3 atom stereocenters. The summed E-state index contributed by atoms with van der Waals surface area (Å²) in [6.45, 7) is 5.90. The smallest absolute Gasteiger partial charge is 0.133 e. The van der Waals surface area contributed by atoms with Crippen LogP contribution in [0.25, 0.3) is 0 Å². The number of likely N-dealkylation sites (tertiary alicyclic amines) is 1. The van der Waals surface area contributed by atoms with Gasteiger partial charge in [-0.3, -0.25) is 4.98 Å². The zero-order chi connectivity index (χ0) is 12.5. The molecule has 1 aromatic rings. The highest BCUT2D eigenvalue weighted by molar-refractivity contribution is 5.20. The number of fused-ring (bicyclic) bond motifs is 1. The van der Waals surface area contributed by atoms with E-state index in [1.54, 1.807) is 12.3 Å². The number of hydrogen-bond donors (Lipinski definition) is 1. The molecule has 1 aliphatic heterocycles. The van der Waals surface area contributed by atoms with Crippen LogP contribution in [0.1, 0.15) is 37.8 Å². The van der Waals surface area contributed by atoms with E-state index in [1.165, 1.54) is 32.4 Å². The summed E-state index contributed by atoms with van der Waals surface area (Å²) in [5.74, 6) is 2.63. The molecule has 18 heavy (non-hydrogen) atoms. The molecule has 1 saturated carbocycles. The topological polar surface area (TPSA) is 36.4 Å². The number of hydrogen-bond acceptors (Lipinski definition) is 3. The Morgan fingerprint density at radius 1 is 1.33 bits per heavy atom. The van der Waals surface area contributed by atoms with Crippen molar-refractivity contribution >= 4 is 0 Å². The third-order valence-electron chi connectivity index (χ3n) is 4.61. The average Bonchev–Trinajstić information content (AvgIpc) is 2.90. The predicted octanol–water partition coefficient (Wildman–Crippen LogP) is 2.62. The lowest BCUT2D eigenvalue weighted by atomic mass is 10.0. The fraction of sp³-hybridized carbons (Fsp3) is 0.667. The molecule has 0 amide bonds. The molecular weight excluding hydrogens is 224 g/mol. The van der Waals surface area contributed by atoms with E-state index < -0.39 is 0 Å². The molecule has 0 aromatic carbocycles. The van der Waals surface area contributed by atoms with E-state index in [9.17, 15) is 5.11 Å². The molecule has 3 heteroatoms. The van der Waals surface area contributed by atoms with Crippen LogP contribution in [0.4, 0.5) is 0 Å². The van der Waals surface area contributed by atoms with Gasteiger partial charge >= 0.3 is 0 Å². The molecule has 2 aliphatic rings. The Balaban J connectivity index is 1.58. The zero-order valence-electron chi connectivity index (χ0n) is 11.0. The van der Waals surface area contributed by atoms with Gasteiger partial charge in [0.1, 0.15) is 5.75 Å². The second-order valence-electron chi connectivity index (χ2n) is 6.01. The molecule has 1 aliphatic carbocycles. The monoisotopic (exact) mass is 246 g/mol. The van der Waals surface area contributed by atoms with E-state index in [0.717, 1.165) is 24.1 Å². The van der Waals surface area contributed by atoms with Crippen molar-refractivity contribution in [2.45, 2.75) is 32.1 Å². The Morgan fingerprint density at radius 2 is 2.06 bits per heavy atom. The summed E-state index contributed by atoms with van der Waals surface area (Å²) >= 11 is 0. The summed E-state index contributed by atoms with van der Waals surface area (Å²) in [6, 6.07) is 3.68. The molecule has 0 radical (unpaired) electrons. The third kappa shape index (κ3) is 2.37. The first-order chi connectivity index (χ1) is 8.72. The van der Waals surface area contributed by atoms with Gasteiger partial charge in [0, 0.05) is 31.2 Å². The summed E-state index contributed by atoms with van der Waals surface area (Å²) in [5, 5.41) is 9.26. The molecule has 1 N–H and O–H groups in total. The Hall–Kier alpha value is -1.09. The standard InChI is InChI=1S/C15H22N2O/c1-11(15-6-5-14(18)7-16-15)8-17-9-12-3-2-4-13(12)10-17/h5-7,11-13,18H,2-4,8-10H2,1H3/t11?,12-,13?/m1/s1. The van der Waals surface area contributed by atoms with Crippen LogP contribution in [0.3, 0.4) is 0 Å². The van der Waals surface area contributed by atoms with Crippen molar-refractivity contribution in [2.24, 2.45) is 11.8 Å². The number of nitrogens with zero attached hydrogens (tertiary/aromatic N) is 2. The summed E-state index contributed by atoms with van der Waals surface area (Å²) < 4.78 is 0. The van der Waals surface area contributed by atoms with Crippen LogP contribution in [0.5, 0.6) is 5.75 Å². The van der Waals surface area contributed by atoms with Crippen LogP contribution in [-0.4, -0.2) is 34.6 Å². The Morgan fingerprint density at radius 3 is 2.67 bits per heavy atom. The second-order valence-corrected chi connectivity index (χ2v) is 6.01. The van der Waals surface area contributed by atoms with Crippen LogP contribution >= 0.6 is 0 Å². The predicted molar refractivity (Wildman–Crippen MR) is 71.6 cm³/mol. The minimum absolute atomic E-state index is 0.252. The molecule has 2 heterocycles. The molecule has 1 aromatic heterocycles. The second kappa shape index (κ2) is 4.88. The molecule has 1 saturated heterocycles. The summed E-state index contributed by atoms with van der Waals surface area (Å²) in [5.41, 5.74) is 1.09. The first-order valence-electron chi connectivity index (χ1n) is 7.09. The molecule has 0 spiro atoms. The average molecular weight is 246 g/mol. The molecule has 98 valence electrons. The van der Waals surface area contributed by atoms with Gasteiger partial charge in [0.05, 0.1) is 6.20 Å². The molecule has 0 bridgehead atoms. The number of aromatic nitrogens is 1. The number of rotatable bonds is 3. The van der Waals surface area contributed by atoms with Crippen molar-refractivity contribution in [3.05, 3.63) is 24.0 Å². The van der Waals surface area contributed by atoms with Crippen molar-refractivity contribution in [3.8, 4) is 5.75 Å². The summed E-state index contributed by atoms with van der Waals surface area (Å²) in [7, 11) is 0. The van der Waals surface area contributed by atoms with Gasteiger partial charge in [0.25, 0.3) is 0 Å². The highest BCUT2D eigenvalue weighted by Crippen LogP contribution is 2.38. The van der Waals surface area contributed by atoms with E-state index in [0.29, 0.717) is 5.92 Å². The Bertz CT molecular complexity index is 391. The van der Waals surface area contributed by atoms with Gasteiger partial charge in [-0.25, -0.2) is 0 Å². The summed E-state index contributed by atoms with van der Waals surface area (Å²) in [4.78, 5) is 6.92. The highest BCUT2D eigenvalue weighted by Gasteiger charge is 2.36. The lowest BCUT2D eigenvalue weighted by molar-refractivity contribution is 0.294. The van der Waals surface area contributed by atoms with Crippen LogP contribution in [0, 0.1) is 11.8 Å². The minimum atomic E-state index is 0.252. The quantitative estimate of drug-likeness (QED) is 0.890. The van der Waals surface area contributed by atoms with Gasteiger partial charge in [-0.2, -0.15) is 0 Å². The van der Waals surface area contributed by atoms with E-state index in [-0.39, 0.29) is 5.75 Å². The fourth-order valence-electron chi connectivity index (χ4n) is 3.65. The maximum absolute atomic E-state index is 9.26. The number of pyridine rings is 1. The third-order valence-corrected chi connectivity index (χ3v) is 4.61. The van der Waals surface area contributed by atoms with Crippen molar-refractivity contribution in [1.29, 1.82) is 0 Å². The van der Waals surface area contributed by atoms with Crippen LogP contribution in [0.15, 0.2) is 18.3 Å².